The molecule has 0 unspecified atom stereocenters. The van der Waals surface area contributed by atoms with Gasteiger partial charge in [-0.25, -0.2) is 9.48 Å². The van der Waals surface area contributed by atoms with E-state index >= 15 is 0 Å². The number of carbonyl (C=O) groups is 2. The van der Waals surface area contributed by atoms with E-state index in [0.29, 0.717) is 22.5 Å². The molecule has 0 spiro atoms. The number of ether oxygens (including phenoxy) is 1. The third kappa shape index (κ3) is 5.20. The third-order valence-corrected chi connectivity index (χ3v) is 8.44. The van der Waals surface area contributed by atoms with Gasteiger partial charge in [0.2, 0.25) is 0 Å². The largest absolute Gasteiger partial charge is 0.459 e. The number of anilines is 2. The summed E-state index contributed by atoms with van der Waals surface area (Å²) in [6, 6.07) is 4.41. The molecule has 3 aromatic rings. The number of benzene rings is 1. The van der Waals surface area contributed by atoms with Crippen LogP contribution < -0.4 is 10.6 Å². The molecule has 1 amide bonds. The first-order valence-corrected chi connectivity index (χ1v) is 14.0. The van der Waals surface area contributed by atoms with E-state index in [-0.39, 0.29) is 23.9 Å². The van der Waals surface area contributed by atoms with Gasteiger partial charge in [0.1, 0.15) is 16.4 Å². The Morgan fingerprint density at radius 1 is 1.21 bits per heavy atom. The number of nitrogens with one attached hydrogen (secondary N) is 2. The number of amides is 1. The van der Waals surface area contributed by atoms with Crippen LogP contribution in [0.1, 0.15) is 81.9 Å². The molecule has 2 N–H and O–H groups in total. The second-order valence-corrected chi connectivity index (χ2v) is 11.7. The fourth-order valence-electron chi connectivity index (χ4n) is 4.96. The molecular formula is C26H26BrF3N4O3S. The molecule has 38 heavy (non-hydrogen) atoms. The zero-order chi connectivity index (χ0) is 27.2. The summed E-state index contributed by atoms with van der Waals surface area (Å²) in [6.07, 6.45) is -0.629. The number of hydrogen-bond donors (Lipinski definition) is 2. The van der Waals surface area contributed by atoms with E-state index in [0.717, 1.165) is 45.1 Å². The van der Waals surface area contributed by atoms with Crippen LogP contribution in [0.3, 0.4) is 0 Å². The summed E-state index contributed by atoms with van der Waals surface area (Å²) >= 11 is 4.66. The van der Waals surface area contributed by atoms with E-state index in [2.05, 4.69) is 31.7 Å². The fourth-order valence-corrected chi connectivity index (χ4v) is 6.49. The lowest BCUT2D eigenvalue weighted by Crippen LogP contribution is -2.36. The summed E-state index contributed by atoms with van der Waals surface area (Å²) < 4.78 is 49.3. The molecule has 2 aliphatic rings. The lowest BCUT2D eigenvalue weighted by Gasteiger charge is -2.34. The Hall–Kier alpha value is -2.86. The van der Waals surface area contributed by atoms with Crippen LogP contribution in [-0.2, 0) is 17.6 Å². The number of carbonyl (C=O) groups excluding carboxylic acids is 2. The highest BCUT2D eigenvalue weighted by Crippen LogP contribution is 2.45. The van der Waals surface area contributed by atoms with Crippen LogP contribution in [0.4, 0.5) is 24.0 Å². The maximum absolute atomic E-state index is 14.1. The van der Waals surface area contributed by atoms with Gasteiger partial charge < -0.3 is 15.4 Å². The number of hydrogen-bond acceptors (Lipinski definition) is 6. The summed E-state index contributed by atoms with van der Waals surface area (Å²) in [5.41, 5.74) is 1.84. The lowest BCUT2D eigenvalue weighted by molar-refractivity contribution is -0.173. The van der Waals surface area contributed by atoms with Gasteiger partial charge in [0.05, 0.1) is 23.9 Å². The van der Waals surface area contributed by atoms with Crippen LogP contribution in [0.15, 0.2) is 34.9 Å². The first kappa shape index (κ1) is 26.7. The van der Waals surface area contributed by atoms with Gasteiger partial charge in [-0.05, 0) is 62.8 Å². The molecular weight excluding hydrogens is 585 g/mol. The normalized spacial score (nSPS) is 18.9. The molecule has 1 aromatic carbocycles. The number of halogens is 4. The Kier molecular flexibility index (Phi) is 7.29. The van der Waals surface area contributed by atoms with Gasteiger partial charge in [0, 0.05) is 15.8 Å². The van der Waals surface area contributed by atoms with Crippen molar-refractivity contribution in [3.63, 3.8) is 0 Å². The van der Waals surface area contributed by atoms with E-state index < -0.39 is 30.1 Å². The Morgan fingerprint density at radius 2 is 1.92 bits per heavy atom. The van der Waals surface area contributed by atoms with Gasteiger partial charge in [0.15, 0.2) is 6.04 Å². The molecule has 12 heteroatoms. The zero-order valence-electron chi connectivity index (χ0n) is 20.7. The van der Waals surface area contributed by atoms with Gasteiger partial charge >= 0.3 is 12.1 Å². The van der Waals surface area contributed by atoms with E-state index in [4.69, 9.17) is 4.74 Å². The number of fused-ring (bicyclic) bond motifs is 2. The maximum atomic E-state index is 14.1. The molecule has 0 fully saturated rings. The average Bonchev–Trinajstić information content (AvgIpc) is 3.44. The summed E-state index contributed by atoms with van der Waals surface area (Å²) in [6.45, 7) is 3.50. The van der Waals surface area contributed by atoms with Crippen LogP contribution in [0.25, 0.3) is 0 Å². The Morgan fingerprint density at radius 3 is 2.61 bits per heavy atom. The second-order valence-electron chi connectivity index (χ2n) is 9.72. The van der Waals surface area contributed by atoms with Crippen molar-refractivity contribution in [3.8, 4) is 0 Å². The predicted molar refractivity (Wildman–Crippen MR) is 142 cm³/mol. The molecule has 2 atom stereocenters. The maximum Gasteiger partial charge on any atom is 0.410 e. The highest BCUT2D eigenvalue weighted by Gasteiger charge is 2.47. The van der Waals surface area contributed by atoms with Gasteiger partial charge in [-0.2, -0.15) is 18.3 Å². The number of aryl methyl sites for hydroxylation is 1. The van der Waals surface area contributed by atoms with Crippen molar-refractivity contribution < 1.29 is 27.5 Å². The minimum atomic E-state index is -4.56. The highest BCUT2D eigenvalue weighted by molar-refractivity contribution is 9.10. The van der Waals surface area contributed by atoms with E-state index in [1.807, 2.05) is 0 Å². The predicted octanol–water partition coefficient (Wildman–Crippen LogP) is 7.06. The summed E-state index contributed by atoms with van der Waals surface area (Å²) in [5, 5.41) is 10.2. The fraction of sp³-hybridized carbons (Fsp3) is 0.423. The van der Waals surface area contributed by atoms with E-state index in [1.54, 1.807) is 38.1 Å². The molecule has 0 radical (unpaired) electrons. The minimum absolute atomic E-state index is 0.0170. The molecule has 7 nitrogen and oxygen atoms in total. The van der Waals surface area contributed by atoms with E-state index in [9.17, 15) is 22.8 Å². The third-order valence-electron chi connectivity index (χ3n) is 6.70. The van der Waals surface area contributed by atoms with Crippen molar-refractivity contribution >= 4 is 50.0 Å². The van der Waals surface area contributed by atoms with Gasteiger partial charge in [-0.1, -0.05) is 28.1 Å². The van der Waals surface area contributed by atoms with Gasteiger partial charge in [0.25, 0.3) is 5.91 Å². The van der Waals surface area contributed by atoms with Crippen LogP contribution in [0, 0.1) is 0 Å². The lowest BCUT2D eigenvalue weighted by atomic mass is 9.95. The Labute approximate surface area is 229 Å². The molecule has 0 saturated heterocycles. The van der Waals surface area contributed by atoms with E-state index in [1.165, 1.54) is 11.3 Å². The first-order valence-electron chi connectivity index (χ1n) is 12.4. The number of alkyl halides is 3. The zero-order valence-corrected chi connectivity index (χ0v) is 23.1. The average molecular weight is 611 g/mol. The van der Waals surface area contributed by atoms with Crippen LogP contribution in [0.5, 0.6) is 0 Å². The number of thiophene rings is 1. The Balaban J connectivity index is 1.49. The molecule has 0 bridgehead atoms. The van der Waals surface area contributed by atoms with Gasteiger partial charge in [-0.3, -0.25) is 4.79 Å². The molecule has 1 aliphatic carbocycles. The van der Waals surface area contributed by atoms with Crippen molar-refractivity contribution in [2.75, 3.05) is 10.6 Å². The molecule has 5 rings (SSSR count). The summed E-state index contributed by atoms with van der Waals surface area (Å²) in [7, 11) is 0. The van der Waals surface area contributed by atoms with Crippen molar-refractivity contribution in [1.29, 1.82) is 0 Å². The minimum Gasteiger partial charge on any atom is -0.459 e. The van der Waals surface area contributed by atoms with Gasteiger partial charge in [-0.15, -0.1) is 11.3 Å². The van der Waals surface area contributed by atoms with Crippen LogP contribution in [0.2, 0.25) is 0 Å². The Bertz CT molecular complexity index is 1370. The number of rotatable bonds is 5. The second kappa shape index (κ2) is 10.4. The monoisotopic (exact) mass is 610 g/mol. The van der Waals surface area contributed by atoms with Crippen LogP contribution >= 0.6 is 27.3 Å². The SMILES string of the molecule is CC(C)OC(=O)c1c(NC(=O)c2cnn3c2N[C@@H](c2ccc(Br)cc2)C[C@H]3C(F)(F)F)sc2c1CCCC2. The molecule has 1 aliphatic heterocycles. The number of esters is 1. The quantitative estimate of drug-likeness (QED) is 0.302. The van der Waals surface area contributed by atoms with Crippen molar-refractivity contribution in [3.05, 3.63) is 62.1 Å². The topological polar surface area (TPSA) is 85.2 Å². The first-order chi connectivity index (χ1) is 18.0. The van der Waals surface area contributed by atoms with Crippen molar-refractivity contribution in [2.24, 2.45) is 0 Å². The molecule has 2 aromatic heterocycles. The van der Waals surface area contributed by atoms with Crippen LogP contribution in [-0.4, -0.2) is 33.9 Å². The molecule has 0 saturated carbocycles. The smallest absolute Gasteiger partial charge is 0.410 e. The van der Waals surface area contributed by atoms with Crippen molar-refractivity contribution in [1.82, 2.24) is 9.78 Å². The van der Waals surface area contributed by atoms with Crippen molar-refractivity contribution in [2.45, 2.75) is 70.3 Å². The number of nitrogens with zero attached hydrogens (tertiary/aromatic N) is 2. The number of aromatic nitrogens is 2. The highest BCUT2D eigenvalue weighted by atomic mass is 79.9. The standard InChI is InChI=1S/C26H26BrF3N4O3S/c1-13(2)37-25(36)21-16-5-3-4-6-19(16)38-24(21)33-23(35)17-12-31-34-20(26(28,29)30)11-18(32-22(17)34)14-7-9-15(27)10-8-14/h7-10,12-13,18,20,32H,3-6,11H2,1-2H3,(H,33,35)/t18-,20+/m1/s1. The molecule has 202 valence electrons. The molecule has 3 heterocycles. The summed E-state index contributed by atoms with van der Waals surface area (Å²) in [4.78, 5) is 27.4. The summed E-state index contributed by atoms with van der Waals surface area (Å²) in [5.74, 6) is -1.18.